The van der Waals surface area contributed by atoms with Gasteiger partial charge in [-0.25, -0.2) is 4.90 Å². The molecule has 3 amide bonds. The fourth-order valence-corrected chi connectivity index (χ4v) is 4.84. The number of carbonyl (C=O) groups is 4. The summed E-state index contributed by atoms with van der Waals surface area (Å²) < 4.78 is 10.3. The van der Waals surface area contributed by atoms with Crippen LogP contribution in [0, 0.1) is 0 Å². The van der Waals surface area contributed by atoms with Gasteiger partial charge in [-0.05, 0) is 66.6 Å². The van der Waals surface area contributed by atoms with Crippen molar-refractivity contribution < 1.29 is 28.7 Å². The number of amides is 3. The van der Waals surface area contributed by atoms with Crippen LogP contribution in [0.4, 0.5) is 5.69 Å². The van der Waals surface area contributed by atoms with Gasteiger partial charge in [0, 0.05) is 36.1 Å². The molecule has 4 aromatic rings. The minimum absolute atomic E-state index is 0.139. The average Bonchev–Trinajstić information content (AvgIpc) is 3.49. The Balaban J connectivity index is 1.43. The summed E-state index contributed by atoms with van der Waals surface area (Å²) in [6.07, 6.45) is 2.25. The molecule has 0 radical (unpaired) electrons. The lowest BCUT2D eigenvalue weighted by Crippen LogP contribution is -2.46. The van der Waals surface area contributed by atoms with E-state index in [1.165, 1.54) is 36.1 Å². The zero-order chi connectivity index (χ0) is 27.5. The highest BCUT2D eigenvalue weighted by atomic mass is 16.5. The molecule has 0 aliphatic carbocycles. The molecular formula is C30H27N3O6. The van der Waals surface area contributed by atoms with E-state index < -0.39 is 23.8 Å². The first-order valence-electron chi connectivity index (χ1n) is 12.5. The number of fused-ring (bicyclic) bond motifs is 1. The van der Waals surface area contributed by atoms with Crippen LogP contribution in [0.25, 0.3) is 10.9 Å². The van der Waals surface area contributed by atoms with E-state index in [-0.39, 0.29) is 18.9 Å². The van der Waals surface area contributed by atoms with E-state index in [4.69, 9.17) is 9.47 Å². The van der Waals surface area contributed by atoms with Crippen LogP contribution in [0.2, 0.25) is 0 Å². The third kappa shape index (κ3) is 5.24. The van der Waals surface area contributed by atoms with Crippen LogP contribution in [0.3, 0.4) is 0 Å². The summed E-state index contributed by atoms with van der Waals surface area (Å²) >= 11 is 0. The molecule has 0 spiro atoms. The smallest absolute Gasteiger partial charge is 0.308 e. The van der Waals surface area contributed by atoms with Crippen molar-refractivity contribution in [3.8, 4) is 11.5 Å². The Labute approximate surface area is 224 Å². The van der Waals surface area contributed by atoms with Crippen molar-refractivity contribution in [1.82, 2.24) is 9.88 Å². The van der Waals surface area contributed by atoms with Gasteiger partial charge in [0.05, 0.1) is 19.2 Å². The summed E-state index contributed by atoms with van der Waals surface area (Å²) in [4.78, 5) is 57.5. The van der Waals surface area contributed by atoms with Crippen molar-refractivity contribution >= 4 is 40.3 Å². The minimum Gasteiger partial charge on any atom is -0.497 e. The highest BCUT2D eigenvalue weighted by Crippen LogP contribution is 2.29. The number of esters is 1. The summed E-state index contributed by atoms with van der Waals surface area (Å²) in [5, 5.41) is 1.04. The van der Waals surface area contributed by atoms with E-state index >= 15 is 0 Å². The van der Waals surface area contributed by atoms with Gasteiger partial charge < -0.3 is 19.4 Å². The third-order valence-corrected chi connectivity index (χ3v) is 6.75. The van der Waals surface area contributed by atoms with Crippen molar-refractivity contribution in [1.29, 1.82) is 0 Å². The molecular weight excluding hydrogens is 498 g/mol. The van der Waals surface area contributed by atoms with Crippen LogP contribution in [-0.2, 0) is 20.8 Å². The summed E-state index contributed by atoms with van der Waals surface area (Å²) in [6, 6.07) is 19.7. The number of ether oxygens (including phenoxy) is 2. The fraction of sp³-hybridized carbons (Fsp3) is 0.200. The van der Waals surface area contributed by atoms with E-state index in [0.29, 0.717) is 29.2 Å². The lowest BCUT2D eigenvalue weighted by molar-refractivity contribution is -0.132. The molecule has 0 bridgehead atoms. The average molecular weight is 526 g/mol. The van der Waals surface area contributed by atoms with E-state index in [2.05, 4.69) is 4.98 Å². The highest BCUT2D eigenvalue weighted by Gasteiger charge is 2.44. The van der Waals surface area contributed by atoms with Crippen molar-refractivity contribution in [2.45, 2.75) is 25.8 Å². The number of aromatic nitrogens is 1. The van der Waals surface area contributed by atoms with Crippen molar-refractivity contribution in [3.63, 3.8) is 0 Å². The molecule has 9 heteroatoms. The highest BCUT2D eigenvalue weighted by molar-refractivity contribution is 6.23. The maximum absolute atomic E-state index is 13.7. The molecule has 1 atom stereocenters. The number of anilines is 1. The molecule has 1 fully saturated rings. The molecule has 9 nitrogen and oxygen atoms in total. The number of H-pyrrole nitrogens is 1. The maximum Gasteiger partial charge on any atom is 0.308 e. The van der Waals surface area contributed by atoms with Gasteiger partial charge in [-0.1, -0.05) is 18.2 Å². The molecule has 1 aliphatic heterocycles. The largest absolute Gasteiger partial charge is 0.497 e. The van der Waals surface area contributed by atoms with E-state index in [9.17, 15) is 19.2 Å². The Hall–Kier alpha value is -4.92. The summed E-state index contributed by atoms with van der Waals surface area (Å²) in [5.74, 6) is -0.815. The van der Waals surface area contributed by atoms with Gasteiger partial charge in [0.25, 0.3) is 11.8 Å². The topological polar surface area (TPSA) is 109 Å². The lowest BCUT2D eigenvalue weighted by atomic mass is 10.1. The molecule has 1 saturated heterocycles. The number of nitrogens with one attached hydrogen (secondary N) is 1. The van der Waals surface area contributed by atoms with Crippen LogP contribution < -0.4 is 14.4 Å². The monoisotopic (exact) mass is 525 g/mol. The number of rotatable bonds is 8. The molecule has 198 valence electrons. The second-order valence-corrected chi connectivity index (χ2v) is 9.21. The number of benzene rings is 3. The maximum atomic E-state index is 13.7. The summed E-state index contributed by atoms with van der Waals surface area (Å²) in [5.41, 5.74) is 2.72. The number of nitrogens with zero attached hydrogens (tertiary/aromatic N) is 2. The Morgan fingerprint density at radius 2 is 1.67 bits per heavy atom. The Morgan fingerprint density at radius 1 is 0.974 bits per heavy atom. The normalized spacial score (nSPS) is 15.0. The summed E-state index contributed by atoms with van der Waals surface area (Å²) in [6.45, 7) is 1.52. The number of para-hydroxylation sites is 1. The molecule has 1 aliphatic rings. The number of imide groups is 1. The predicted octanol–water partition coefficient (Wildman–Crippen LogP) is 4.12. The SMILES string of the molecule is COc1ccc(C(=O)N(CCc2c[nH]c3ccccc23)C2CC(=O)N(c3ccc(OC(C)=O)cc3)C2=O)cc1. The Kier molecular flexibility index (Phi) is 7.14. The van der Waals surface area contributed by atoms with E-state index in [0.717, 1.165) is 21.4 Å². The van der Waals surface area contributed by atoms with E-state index in [1.807, 2.05) is 30.5 Å². The molecule has 1 aromatic heterocycles. The first kappa shape index (κ1) is 25.7. The number of hydrogen-bond acceptors (Lipinski definition) is 6. The minimum atomic E-state index is -0.967. The predicted molar refractivity (Wildman–Crippen MR) is 145 cm³/mol. The van der Waals surface area contributed by atoms with Crippen LogP contribution in [-0.4, -0.2) is 53.3 Å². The van der Waals surface area contributed by atoms with Crippen LogP contribution in [0.5, 0.6) is 11.5 Å². The molecule has 1 N–H and O–H groups in total. The molecule has 5 rings (SSSR count). The molecule has 0 saturated carbocycles. The summed E-state index contributed by atoms with van der Waals surface area (Å²) in [7, 11) is 1.54. The molecule has 39 heavy (non-hydrogen) atoms. The number of carbonyl (C=O) groups excluding carboxylic acids is 4. The second-order valence-electron chi connectivity index (χ2n) is 9.21. The van der Waals surface area contributed by atoms with Crippen molar-refractivity contribution in [3.05, 3.63) is 90.1 Å². The number of aromatic amines is 1. The number of hydrogen-bond donors (Lipinski definition) is 1. The fourth-order valence-electron chi connectivity index (χ4n) is 4.84. The first-order chi connectivity index (χ1) is 18.9. The third-order valence-electron chi connectivity index (χ3n) is 6.75. The van der Waals surface area contributed by atoms with Gasteiger partial charge in [0.15, 0.2) is 0 Å². The van der Waals surface area contributed by atoms with Gasteiger partial charge in [0.1, 0.15) is 17.5 Å². The lowest BCUT2D eigenvalue weighted by Gasteiger charge is -2.28. The molecule has 3 aromatic carbocycles. The van der Waals surface area contributed by atoms with Crippen LogP contribution in [0.15, 0.2) is 79.0 Å². The standard InChI is InChI=1S/C30H27N3O6/c1-19(34)39-24-13-9-22(10-14-24)33-28(35)17-27(30(33)37)32(29(36)20-7-11-23(38-2)12-8-20)16-15-21-18-31-26-6-4-3-5-25(21)26/h3-14,18,27,31H,15-17H2,1-2H3. The number of methoxy groups -OCH3 is 1. The van der Waals surface area contributed by atoms with Gasteiger partial charge in [-0.3, -0.25) is 19.2 Å². The quantitative estimate of drug-likeness (QED) is 0.211. The van der Waals surface area contributed by atoms with Crippen molar-refractivity contribution in [2.24, 2.45) is 0 Å². The molecule has 1 unspecified atom stereocenters. The Morgan fingerprint density at radius 3 is 2.36 bits per heavy atom. The van der Waals surface area contributed by atoms with Gasteiger partial charge in [-0.2, -0.15) is 0 Å². The van der Waals surface area contributed by atoms with Gasteiger partial charge in [-0.15, -0.1) is 0 Å². The molecule has 2 heterocycles. The van der Waals surface area contributed by atoms with Gasteiger partial charge >= 0.3 is 5.97 Å². The van der Waals surface area contributed by atoms with E-state index in [1.54, 1.807) is 31.4 Å². The van der Waals surface area contributed by atoms with Gasteiger partial charge in [0.2, 0.25) is 5.91 Å². The zero-order valence-corrected chi connectivity index (χ0v) is 21.5. The van der Waals surface area contributed by atoms with Crippen molar-refractivity contribution in [2.75, 3.05) is 18.6 Å². The van der Waals surface area contributed by atoms with Crippen LogP contribution >= 0.6 is 0 Å². The second kappa shape index (κ2) is 10.8. The van der Waals surface area contributed by atoms with Crippen LogP contribution in [0.1, 0.15) is 29.3 Å². The zero-order valence-electron chi connectivity index (χ0n) is 21.5. The first-order valence-corrected chi connectivity index (χ1v) is 12.5. The Bertz CT molecular complexity index is 1540.